The number of amidine groups is 1. The van der Waals surface area contributed by atoms with Crippen molar-refractivity contribution in [1.82, 2.24) is 0 Å². The molecule has 0 aliphatic rings. The van der Waals surface area contributed by atoms with E-state index in [1.165, 1.54) is 6.07 Å². The van der Waals surface area contributed by atoms with Crippen LogP contribution in [0.3, 0.4) is 0 Å². The van der Waals surface area contributed by atoms with Gasteiger partial charge in [0.2, 0.25) is 0 Å². The Morgan fingerprint density at radius 1 is 1.24 bits per heavy atom. The lowest BCUT2D eigenvalue weighted by Gasteiger charge is -2.14. The first-order valence-electron chi connectivity index (χ1n) is 6.41. The molecular weight excluding hydrogens is 291 g/mol. The van der Waals surface area contributed by atoms with E-state index in [2.05, 4.69) is 0 Å². The number of ether oxygens (including phenoxy) is 1. The fourth-order valence-electron chi connectivity index (χ4n) is 2.12. The summed E-state index contributed by atoms with van der Waals surface area (Å²) in [6.07, 6.45) is 0. The Kier molecular flexibility index (Phi) is 4.48. The maximum absolute atomic E-state index is 13.1. The summed E-state index contributed by atoms with van der Waals surface area (Å²) in [6, 6.07) is 8.12. The molecule has 0 spiro atoms. The van der Waals surface area contributed by atoms with Crippen molar-refractivity contribution in [2.75, 3.05) is 0 Å². The van der Waals surface area contributed by atoms with Gasteiger partial charge >= 0.3 is 0 Å². The van der Waals surface area contributed by atoms with Gasteiger partial charge in [-0.2, -0.15) is 0 Å². The van der Waals surface area contributed by atoms with Crippen LogP contribution in [0.15, 0.2) is 30.3 Å². The van der Waals surface area contributed by atoms with E-state index in [0.717, 1.165) is 22.4 Å². The average molecular weight is 307 g/mol. The molecule has 0 amide bonds. The third-order valence-corrected chi connectivity index (χ3v) is 3.43. The van der Waals surface area contributed by atoms with Gasteiger partial charge in [-0.1, -0.05) is 17.7 Å². The summed E-state index contributed by atoms with van der Waals surface area (Å²) in [5, 5.41) is 7.55. The quantitative estimate of drug-likeness (QED) is 0.663. The number of nitrogens with one attached hydrogen (secondary N) is 1. The second-order valence-electron chi connectivity index (χ2n) is 4.89. The Balaban J connectivity index is 2.20. The minimum absolute atomic E-state index is 0.0260. The molecule has 110 valence electrons. The lowest BCUT2D eigenvalue weighted by atomic mass is 10.1. The first kappa shape index (κ1) is 15.3. The molecule has 0 fully saturated rings. The Morgan fingerprint density at radius 2 is 1.86 bits per heavy atom. The summed E-state index contributed by atoms with van der Waals surface area (Å²) >= 11 is 5.75. The zero-order chi connectivity index (χ0) is 15.6. The van der Waals surface area contributed by atoms with Gasteiger partial charge in [0.1, 0.15) is 24.0 Å². The number of rotatable bonds is 4. The van der Waals surface area contributed by atoms with E-state index in [-0.39, 0.29) is 10.9 Å². The van der Waals surface area contributed by atoms with E-state index in [1.807, 2.05) is 26.0 Å². The smallest absolute Gasteiger partial charge is 0.141 e. The molecule has 2 rings (SSSR count). The van der Waals surface area contributed by atoms with Gasteiger partial charge in [-0.15, -0.1) is 0 Å². The number of hydrogen-bond donors (Lipinski definition) is 2. The number of hydrogen-bond acceptors (Lipinski definition) is 2. The fraction of sp³-hybridized carbons (Fsp3) is 0.188. The Bertz CT molecular complexity index is 678. The standard InChI is InChI=1S/C16H16ClFN2O/c1-9-5-12(16(19)20)6-10(2)15(9)21-8-11-3-4-14(18)13(17)7-11/h3-7H,8H2,1-2H3,(H3,19,20). The number of nitrogens with two attached hydrogens (primary N) is 1. The second-order valence-corrected chi connectivity index (χ2v) is 5.30. The first-order valence-corrected chi connectivity index (χ1v) is 6.78. The highest BCUT2D eigenvalue weighted by atomic mass is 35.5. The van der Waals surface area contributed by atoms with Crippen LogP contribution in [0.4, 0.5) is 4.39 Å². The summed E-state index contributed by atoms with van der Waals surface area (Å²) in [5.74, 6) is 0.317. The average Bonchev–Trinajstić information content (AvgIpc) is 2.41. The number of benzene rings is 2. The summed E-state index contributed by atoms with van der Waals surface area (Å²) in [6.45, 7) is 4.08. The highest BCUT2D eigenvalue weighted by Crippen LogP contribution is 2.26. The Morgan fingerprint density at radius 3 is 2.38 bits per heavy atom. The van der Waals surface area contributed by atoms with Crippen LogP contribution < -0.4 is 10.5 Å². The molecule has 0 unspecified atom stereocenters. The van der Waals surface area contributed by atoms with E-state index in [4.69, 9.17) is 27.5 Å². The molecule has 0 aromatic heterocycles. The minimum atomic E-state index is -0.446. The summed E-state index contributed by atoms with van der Waals surface area (Å²) < 4.78 is 18.9. The number of nitrogen functional groups attached to an aromatic ring is 1. The molecule has 0 aliphatic heterocycles. The third-order valence-electron chi connectivity index (χ3n) is 3.14. The van der Waals surface area contributed by atoms with Crippen molar-refractivity contribution in [3.8, 4) is 5.75 Å². The Hall–Kier alpha value is -2.07. The molecule has 0 aliphatic carbocycles. The van der Waals surface area contributed by atoms with Crippen LogP contribution in [0.5, 0.6) is 5.75 Å². The molecule has 0 atom stereocenters. The van der Waals surface area contributed by atoms with Gasteiger partial charge in [0.25, 0.3) is 0 Å². The van der Waals surface area contributed by atoms with Crippen LogP contribution in [-0.4, -0.2) is 5.84 Å². The third kappa shape index (κ3) is 3.52. The second kappa shape index (κ2) is 6.14. The number of aryl methyl sites for hydroxylation is 2. The lowest BCUT2D eigenvalue weighted by Crippen LogP contribution is -2.12. The van der Waals surface area contributed by atoms with E-state index in [1.54, 1.807) is 12.1 Å². The largest absolute Gasteiger partial charge is 0.488 e. The molecule has 2 aromatic carbocycles. The molecule has 5 heteroatoms. The molecule has 0 heterocycles. The van der Waals surface area contributed by atoms with Crippen molar-refractivity contribution in [2.45, 2.75) is 20.5 Å². The lowest BCUT2D eigenvalue weighted by molar-refractivity contribution is 0.302. The van der Waals surface area contributed by atoms with Crippen LogP contribution >= 0.6 is 11.6 Å². The summed E-state index contributed by atoms with van der Waals surface area (Å²) in [7, 11) is 0. The van der Waals surface area contributed by atoms with Crippen LogP contribution in [0.1, 0.15) is 22.3 Å². The summed E-state index contributed by atoms with van der Waals surface area (Å²) in [5.41, 5.74) is 8.74. The van der Waals surface area contributed by atoms with Gasteiger partial charge in [-0.3, -0.25) is 5.41 Å². The van der Waals surface area contributed by atoms with Crippen molar-refractivity contribution >= 4 is 17.4 Å². The van der Waals surface area contributed by atoms with Crippen LogP contribution in [0, 0.1) is 25.1 Å². The highest BCUT2D eigenvalue weighted by molar-refractivity contribution is 6.30. The monoisotopic (exact) mass is 306 g/mol. The van der Waals surface area contributed by atoms with E-state index in [0.29, 0.717) is 12.2 Å². The predicted molar refractivity (Wildman–Crippen MR) is 82.7 cm³/mol. The van der Waals surface area contributed by atoms with E-state index < -0.39 is 5.82 Å². The molecule has 21 heavy (non-hydrogen) atoms. The van der Waals surface area contributed by atoms with Crippen LogP contribution in [0.2, 0.25) is 5.02 Å². The maximum Gasteiger partial charge on any atom is 0.141 e. The normalized spacial score (nSPS) is 10.5. The Labute approximate surface area is 128 Å². The minimum Gasteiger partial charge on any atom is -0.488 e. The van der Waals surface area contributed by atoms with E-state index >= 15 is 0 Å². The molecule has 0 bridgehead atoms. The molecule has 2 aromatic rings. The van der Waals surface area contributed by atoms with Crippen LogP contribution in [-0.2, 0) is 6.61 Å². The maximum atomic E-state index is 13.1. The molecular formula is C16H16ClFN2O. The molecule has 3 N–H and O–H groups in total. The predicted octanol–water partition coefficient (Wildman–Crippen LogP) is 3.96. The van der Waals surface area contributed by atoms with Gasteiger partial charge in [-0.05, 0) is 54.8 Å². The van der Waals surface area contributed by atoms with Crippen molar-refractivity contribution in [3.05, 3.63) is 63.4 Å². The van der Waals surface area contributed by atoms with Crippen LogP contribution in [0.25, 0.3) is 0 Å². The fourth-order valence-corrected chi connectivity index (χ4v) is 2.32. The van der Waals surface area contributed by atoms with E-state index in [9.17, 15) is 4.39 Å². The summed E-state index contributed by atoms with van der Waals surface area (Å²) in [4.78, 5) is 0. The van der Waals surface area contributed by atoms with Crippen molar-refractivity contribution in [2.24, 2.45) is 5.73 Å². The number of halogens is 2. The van der Waals surface area contributed by atoms with Gasteiger partial charge in [0, 0.05) is 5.56 Å². The first-order chi connectivity index (χ1) is 9.88. The molecule has 0 saturated heterocycles. The van der Waals surface area contributed by atoms with Gasteiger partial charge in [0.05, 0.1) is 5.02 Å². The molecule has 0 radical (unpaired) electrons. The van der Waals surface area contributed by atoms with Crippen molar-refractivity contribution < 1.29 is 9.13 Å². The zero-order valence-corrected chi connectivity index (χ0v) is 12.6. The molecule has 3 nitrogen and oxygen atoms in total. The SMILES string of the molecule is Cc1cc(C(=N)N)cc(C)c1OCc1ccc(F)c(Cl)c1. The van der Waals surface area contributed by atoms with Gasteiger partial charge in [-0.25, -0.2) is 4.39 Å². The zero-order valence-electron chi connectivity index (χ0n) is 11.8. The highest BCUT2D eigenvalue weighted by Gasteiger charge is 2.09. The van der Waals surface area contributed by atoms with Gasteiger partial charge < -0.3 is 10.5 Å². The topological polar surface area (TPSA) is 59.1 Å². The van der Waals surface area contributed by atoms with Gasteiger partial charge in [0.15, 0.2) is 0 Å². The van der Waals surface area contributed by atoms with Crippen molar-refractivity contribution in [3.63, 3.8) is 0 Å². The molecule has 0 saturated carbocycles. The van der Waals surface area contributed by atoms with Crippen molar-refractivity contribution in [1.29, 1.82) is 5.41 Å².